The van der Waals surface area contributed by atoms with Crippen molar-refractivity contribution in [2.75, 3.05) is 0 Å². The quantitative estimate of drug-likeness (QED) is 0.388. The first-order valence-electron chi connectivity index (χ1n) is 4.92. The summed E-state index contributed by atoms with van der Waals surface area (Å²) in [5.74, 6) is 1.82. The number of rotatable bonds is 0. The first kappa shape index (κ1) is 8.50. The van der Waals surface area contributed by atoms with Gasteiger partial charge in [-0.15, -0.1) is 0 Å². The van der Waals surface area contributed by atoms with Crippen LogP contribution in [0.3, 0.4) is 0 Å². The molecular weight excluding hydrogens is 279 g/mol. The summed E-state index contributed by atoms with van der Waals surface area (Å²) in [6, 6.07) is 0. The number of halogens is 1. The Bertz CT molecular complexity index is 291. The zero-order valence-corrected chi connectivity index (χ0v) is 9.95. The normalized spacial score (nSPS) is 63.0. The van der Waals surface area contributed by atoms with E-state index in [9.17, 15) is 4.79 Å². The second-order valence-electron chi connectivity index (χ2n) is 4.89. The molecule has 0 radical (unpaired) electrons. The van der Waals surface area contributed by atoms with Crippen molar-refractivity contribution < 1.29 is 9.53 Å². The molecule has 1 saturated heterocycles. The third-order valence-corrected chi connectivity index (χ3v) is 6.32. The number of alkyl halides is 1. The lowest BCUT2D eigenvalue weighted by molar-refractivity contribution is -0.148. The molecule has 0 amide bonds. The third kappa shape index (κ3) is 0.713. The Kier molecular flexibility index (Phi) is 1.46. The lowest BCUT2D eigenvalue weighted by Gasteiger charge is -2.32. The van der Waals surface area contributed by atoms with Gasteiger partial charge in [0.1, 0.15) is 6.10 Å². The molecule has 1 aliphatic heterocycles. The second-order valence-corrected chi connectivity index (χ2v) is 6.33. The zero-order valence-electron chi connectivity index (χ0n) is 7.79. The maximum atomic E-state index is 11.7. The van der Waals surface area contributed by atoms with Crippen LogP contribution >= 0.6 is 22.6 Å². The molecule has 3 rings (SSSR count). The first-order chi connectivity index (χ1) is 6.06. The summed E-state index contributed by atoms with van der Waals surface area (Å²) in [7, 11) is 0. The molecule has 6 atom stereocenters. The molecule has 0 aromatic carbocycles. The van der Waals surface area contributed by atoms with Crippen LogP contribution in [-0.2, 0) is 9.53 Å². The van der Waals surface area contributed by atoms with Crippen molar-refractivity contribution in [3.05, 3.63) is 0 Å². The summed E-state index contributed by atoms with van der Waals surface area (Å²) >= 11 is 2.47. The van der Waals surface area contributed by atoms with Crippen LogP contribution in [0, 0.1) is 23.2 Å². The van der Waals surface area contributed by atoms with Crippen molar-refractivity contribution in [3.63, 3.8) is 0 Å². The minimum atomic E-state index is -0.142. The van der Waals surface area contributed by atoms with E-state index in [-0.39, 0.29) is 17.5 Å². The fourth-order valence-electron chi connectivity index (χ4n) is 3.61. The SMILES string of the molecule is C[C@H]1[C@@H]2C[C@H]3[C@H](OC(=O)[C@]13C)[C@@H]2I. The maximum absolute atomic E-state index is 11.7. The monoisotopic (exact) mass is 292 g/mol. The van der Waals surface area contributed by atoms with E-state index >= 15 is 0 Å². The Morgan fingerprint density at radius 3 is 2.92 bits per heavy atom. The van der Waals surface area contributed by atoms with Crippen LogP contribution in [0.25, 0.3) is 0 Å². The highest BCUT2D eigenvalue weighted by molar-refractivity contribution is 14.1. The van der Waals surface area contributed by atoms with Gasteiger partial charge in [0.05, 0.1) is 9.34 Å². The molecule has 0 unspecified atom stereocenters. The Morgan fingerprint density at radius 2 is 2.31 bits per heavy atom. The van der Waals surface area contributed by atoms with E-state index in [1.54, 1.807) is 0 Å². The van der Waals surface area contributed by atoms with Gasteiger partial charge >= 0.3 is 5.97 Å². The first-order valence-corrected chi connectivity index (χ1v) is 6.16. The van der Waals surface area contributed by atoms with Crippen LogP contribution in [0.1, 0.15) is 20.3 Å². The summed E-state index contributed by atoms with van der Waals surface area (Å²) in [4.78, 5) is 11.7. The highest BCUT2D eigenvalue weighted by Crippen LogP contribution is 2.66. The van der Waals surface area contributed by atoms with Crippen LogP contribution in [0.5, 0.6) is 0 Å². The number of carbonyl (C=O) groups excluding carboxylic acids is 1. The lowest BCUT2D eigenvalue weighted by Crippen LogP contribution is -2.39. The van der Waals surface area contributed by atoms with Crippen LogP contribution in [0.4, 0.5) is 0 Å². The third-order valence-electron chi connectivity index (χ3n) is 4.69. The Labute approximate surface area is 91.5 Å². The number of carbonyl (C=O) groups is 1. The van der Waals surface area contributed by atoms with Crippen molar-refractivity contribution in [1.29, 1.82) is 0 Å². The molecule has 0 aromatic rings. The fraction of sp³-hybridized carbons (Fsp3) is 0.900. The van der Waals surface area contributed by atoms with Gasteiger partial charge in [-0.2, -0.15) is 0 Å². The van der Waals surface area contributed by atoms with Crippen LogP contribution < -0.4 is 0 Å². The lowest BCUT2D eigenvalue weighted by atomic mass is 9.69. The van der Waals surface area contributed by atoms with Crippen molar-refractivity contribution in [2.24, 2.45) is 23.2 Å². The number of ether oxygens (including phenoxy) is 1. The summed E-state index contributed by atoms with van der Waals surface area (Å²) < 4.78 is 6.05. The molecule has 3 fully saturated rings. The molecule has 3 aliphatic rings. The highest BCUT2D eigenvalue weighted by Gasteiger charge is 2.70. The van der Waals surface area contributed by atoms with Crippen molar-refractivity contribution in [1.82, 2.24) is 0 Å². The minimum absolute atomic E-state index is 0.0664. The average molecular weight is 292 g/mol. The van der Waals surface area contributed by atoms with E-state index in [2.05, 4.69) is 36.4 Å². The molecule has 2 saturated carbocycles. The van der Waals surface area contributed by atoms with Gasteiger partial charge < -0.3 is 4.74 Å². The molecule has 1 heterocycles. The molecule has 3 heteroatoms. The molecule has 13 heavy (non-hydrogen) atoms. The predicted octanol–water partition coefficient (Wildman–Crippen LogP) is 2.01. The summed E-state index contributed by atoms with van der Waals surface area (Å²) in [5.41, 5.74) is -0.142. The molecule has 2 aliphatic carbocycles. The predicted molar refractivity (Wildman–Crippen MR) is 56.6 cm³/mol. The van der Waals surface area contributed by atoms with Gasteiger partial charge in [0, 0.05) is 5.92 Å². The summed E-state index contributed by atoms with van der Waals surface area (Å²) in [5, 5.41) is 0. The van der Waals surface area contributed by atoms with Crippen LogP contribution in [0.2, 0.25) is 0 Å². The van der Waals surface area contributed by atoms with Gasteiger partial charge in [-0.25, -0.2) is 0 Å². The Hall–Kier alpha value is 0.200. The highest BCUT2D eigenvalue weighted by atomic mass is 127. The van der Waals surface area contributed by atoms with Crippen LogP contribution in [-0.4, -0.2) is 16.0 Å². The Morgan fingerprint density at radius 1 is 1.62 bits per heavy atom. The molecule has 0 spiro atoms. The van der Waals surface area contributed by atoms with Gasteiger partial charge in [-0.3, -0.25) is 4.79 Å². The van der Waals surface area contributed by atoms with Crippen molar-refractivity contribution in [3.8, 4) is 0 Å². The van der Waals surface area contributed by atoms with E-state index in [0.29, 0.717) is 21.7 Å². The molecule has 0 N–H and O–H groups in total. The number of fused-ring (bicyclic) bond motifs is 1. The maximum Gasteiger partial charge on any atom is 0.312 e. The van der Waals surface area contributed by atoms with Gasteiger partial charge in [-0.05, 0) is 25.2 Å². The second kappa shape index (κ2) is 2.23. The van der Waals surface area contributed by atoms with E-state index in [1.165, 1.54) is 6.42 Å². The number of hydrogen-bond donors (Lipinski definition) is 0. The van der Waals surface area contributed by atoms with Crippen molar-refractivity contribution in [2.45, 2.75) is 30.3 Å². The minimum Gasteiger partial charge on any atom is -0.460 e. The number of esters is 1. The smallest absolute Gasteiger partial charge is 0.312 e. The Balaban J connectivity index is 2.13. The molecule has 2 bridgehead atoms. The van der Waals surface area contributed by atoms with E-state index < -0.39 is 0 Å². The van der Waals surface area contributed by atoms with Gasteiger partial charge in [0.15, 0.2) is 0 Å². The summed E-state index contributed by atoms with van der Waals surface area (Å²) in [6.07, 6.45) is 1.45. The zero-order chi connectivity index (χ0) is 9.38. The standard InChI is InChI=1S/C10H13IO2/c1-4-5-3-6-8(7(5)11)13-9(12)10(4,6)2/h4-8H,3H2,1-2H3/t4-,5-,6-,7+,8-,10+/m0/s1. The molecule has 0 aromatic heterocycles. The van der Waals surface area contributed by atoms with E-state index in [4.69, 9.17) is 4.74 Å². The van der Waals surface area contributed by atoms with Gasteiger partial charge in [0.25, 0.3) is 0 Å². The van der Waals surface area contributed by atoms with Crippen LogP contribution in [0.15, 0.2) is 0 Å². The van der Waals surface area contributed by atoms with Gasteiger partial charge in [0.2, 0.25) is 0 Å². The average Bonchev–Trinajstić information content (AvgIpc) is 2.60. The largest absolute Gasteiger partial charge is 0.460 e. The molecular formula is C10H13IO2. The fourth-order valence-corrected chi connectivity index (χ4v) is 5.17. The molecule has 72 valence electrons. The van der Waals surface area contributed by atoms with E-state index in [0.717, 1.165) is 0 Å². The summed E-state index contributed by atoms with van der Waals surface area (Å²) in [6.45, 7) is 4.33. The van der Waals surface area contributed by atoms with E-state index in [1.807, 2.05) is 0 Å². The van der Waals surface area contributed by atoms with Crippen molar-refractivity contribution >= 4 is 28.6 Å². The topological polar surface area (TPSA) is 26.3 Å². The number of hydrogen-bond acceptors (Lipinski definition) is 2. The molecule has 2 nitrogen and oxygen atoms in total. The van der Waals surface area contributed by atoms with Gasteiger partial charge in [-0.1, -0.05) is 29.5 Å².